The van der Waals surface area contributed by atoms with Crippen LogP contribution in [0.3, 0.4) is 0 Å². The monoisotopic (exact) mass is 237 g/mol. The van der Waals surface area contributed by atoms with Gasteiger partial charge in [-0.05, 0) is 34.9 Å². The van der Waals surface area contributed by atoms with Gasteiger partial charge in [-0.3, -0.25) is 0 Å². The second kappa shape index (κ2) is 4.31. The fourth-order valence-electron chi connectivity index (χ4n) is 2.26. The zero-order chi connectivity index (χ0) is 12.5. The largest absolute Gasteiger partial charge is 0.392 e. The van der Waals surface area contributed by atoms with Crippen molar-refractivity contribution < 1.29 is 5.11 Å². The molecule has 2 heteroatoms. The molecule has 0 saturated carbocycles. The van der Waals surface area contributed by atoms with Crippen molar-refractivity contribution >= 4 is 10.9 Å². The van der Waals surface area contributed by atoms with E-state index in [4.69, 9.17) is 5.11 Å². The fraction of sp³-hybridized carbons (Fsp3) is 0.125. The molecule has 3 aromatic rings. The summed E-state index contributed by atoms with van der Waals surface area (Å²) in [6.07, 6.45) is 2.07. The Hall–Kier alpha value is -2.06. The topological polar surface area (TPSA) is 25.2 Å². The number of hydrogen-bond acceptors (Lipinski definition) is 1. The van der Waals surface area contributed by atoms with Crippen LogP contribution in [0.5, 0.6) is 0 Å². The van der Waals surface area contributed by atoms with Crippen LogP contribution in [0.2, 0.25) is 0 Å². The zero-order valence-electron chi connectivity index (χ0n) is 10.3. The van der Waals surface area contributed by atoms with E-state index in [1.54, 1.807) is 0 Å². The second-order valence-electron chi connectivity index (χ2n) is 4.56. The van der Waals surface area contributed by atoms with Gasteiger partial charge in [0.05, 0.1) is 6.61 Å². The number of aliphatic hydroxyl groups is 1. The fourth-order valence-corrected chi connectivity index (χ4v) is 2.26. The number of benzene rings is 2. The van der Waals surface area contributed by atoms with Crippen LogP contribution in [0.1, 0.15) is 5.56 Å². The van der Waals surface area contributed by atoms with Gasteiger partial charge in [0.1, 0.15) is 0 Å². The number of fused-ring (bicyclic) bond motifs is 1. The second-order valence-corrected chi connectivity index (χ2v) is 4.56. The summed E-state index contributed by atoms with van der Waals surface area (Å²) in [5.41, 5.74) is 4.57. The summed E-state index contributed by atoms with van der Waals surface area (Å²) in [5.74, 6) is 0. The molecule has 0 saturated heterocycles. The minimum Gasteiger partial charge on any atom is -0.392 e. The highest BCUT2D eigenvalue weighted by Gasteiger charge is 2.02. The van der Waals surface area contributed by atoms with E-state index >= 15 is 0 Å². The Balaban J connectivity index is 2.07. The highest BCUT2D eigenvalue weighted by Crippen LogP contribution is 2.25. The maximum absolute atomic E-state index is 9.04. The molecule has 1 N–H and O–H groups in total. The zero-order valence-corrected chi connectivity index (χ0v) is 10.3. The Morgan fingerprint density at radius 1 is 0.944 bits per heavy atom. The first kappa shape index (κ1) is 11.1. The smallest absolute Gasteiger partial charge is 0.0681 e. The van der Waals surface area contributed by atoms with Gasteiger partial charge in [-0.1, -0.05) is 30.3 Å². The van der Waals surface area contributed by atoms with Crippen LogP contribution in [0.15, 0.2) is 54.7 Å². The van der Waals surface area contributed by atoms with Gasteiger partial charge in [0, 0.05) is 24.1 Å². The van der Waals surface area contributed by atoms with Crippen molar-refractivity contribution in [3.8, 4) is 11.1 Å². The molecule has 0 aliphatic rings. The molecule has 0 unspecified atom stereocenters. The molecule has 0 aliphatic carbocycles. The highest BCUT2D eigenvalue weighted by molar-refractivity contribution is 5.85. The third-order valence-electron chi connectivity index (χ3n) is 3.36. The summed E-state index contributed by atoms with van der Waals surface area (Å²) >= 11 is 0. The van der Waals surface area contributed by atoms with Crippen molar-refractivity contribution in [2.45, 2.75) is 6.61 Å². The third kappa shape index (κ3) is 1.81. The van der Waals surface area contributed by atoms with Crippen LogP contribution in [-0.2, 0) is 13.7 Å². The van der Waals surface area contributed by atoms with Crippen LogP contribution in [0.4, 0.5) is 0 Å². The molecule has 2 nitrogen and oxygen atoms in total. The number of aliphatic hydroxyl groups excluding tert-OH is 1. The van der Waals surface area contributed by atoms with Gasteiger partial charge >= 0.3 is 0 Å². The maximum atomic E-state index is 9.04. The molecule has 0 aliphatic heterocycles. The van der Waals surface area contributed by atoms with Gasteiger partial charge in [0.25, 0.3) is 0 Å². The maximum Gasteiger partial charge on any atom is 0.0681 e. The van der Waals surface area contributed by atoms with Crippen molar-refractivity contribution in [2.24, 2.45) is 7.05 Å². The molecule has 0 atom stereocenters. The van der Waals surface area contributed by atoms with Crippen molar-refractivity contribution in [1.29, 1.82) is 0 Å². The molecule has 0 amide bonds. The summed E-state index contributed by atoms with van der Waals surface area (Å²) < 4.78 is 2.12. The summed E-state index contributed by atoms with van der Waals surface area (Å²) in [7, 11) is 2.05. The predicted octanol–water partition coefficient (Wildman–Crippen LogP) is 3.34. The Morgan fingerprint density at radius 3 is 2.39 bits per heavy atom. The van der Waals surface area contributed by atoms with Gasteiger partial charge in [-0.25, -0.2) is 0 Å². The first-order valence-electron chi connectivity index (χ1n) is 6.03. The van der Waals surface area contributed by atoms with E-state index in [1.165, 1.54) is 22.0 Å². The van der Waals surface area contributed by atoms with E-state index in [-0.39, 0.29) is 6.61 Å². The minimum absolute atomic E-state index is 0.0952. The lowest BCUT2D eigenvalue weighted by Crippen LogP contribution is -1.85. The van der Waals surface area contributed by atoms with Crippen molar-refractivity contribution in [2.75, 3.05) is 0 Å². The van der Waals surface area contributed by atoms with E-state index in [0.29, 0.717) is 0 Å². The third-order valence-corrected chi connectivity index (χ3v) is 3.36. The Labute approximate surface area is 106 Å². The molecule has 1 aromatic heterocycles. The van der Waals surface area contributed by atoms with Gasteiger partial charge in [-0.2, -0.15) is 0 Å². The van der Waals surface area contributed by atoms with Gasteiger partial charge < -0.3 is 9.67 Å². The van der Waals surface area contributed by atoms with E-state index < -0.39 is 0 Å². The number of aromatic nitrogens is 1. The van der Waals surface area contributed by atoms with Gasteiger partial charge in [0.2, 0.25) is 0 Å². The van der Waals surface area contributed by atoms with Crippen LogP contribution in [0.25, 0.3) is 22.0 Å². The summed E-state index contributed by atoms with van der Waals surface area (Å²) in [5, 5.41) is 10.3. The molecule has 90 valence electrons. The molecule has 0 bridgehead atoms. The standard InChI is InChI=1S/C16H15NO/c1-17-9-8-15-10-14(6-7-16(15)17)13-4-2-12(11-18)3-5-13/h2-10,18H,11H2,1H3. The number of aryl methyl sites for hydroxylation is 1. The minimum atomic E-state index is 0.0952. The van der Waals surface area contributed by atoms with Crippen molar-refractivity contribution in [1.82, 2.24) is 4.57 Å². The lowest BCUT2D eigenvalue weighted by molar-refractivity contribution is 0.282. The Morgan fingerprint density at radius 2 is 1.67 bits per heavy atom. The first-order chi connectivity index (χ1) is 8.78. The highest BCUT2D eigenvalue weighted by atomic mass is 16.3. The Bertz CT molecular complexity index is 680. The average Bonchev–Trinajstić information content (AvgIpc) is 2.80. The quantitative estimate of drug-likeness (QED) is 0.726. The molecule has 0 spiro atoms. The molecule has 0 fully saturated rings. The van der Waals surface area contributed by atoms with Gasteiger partial charge in [-0.15, -0.1) is 0 Å². The van der Waals surface area contributed by atoms with E-state index in [2.05, 4.69) is 54.2 Å². The van der Waals surface area contributed by atoms with Crippen LogP contribution in [-0.4, -0.2) is 9.67 Å². The lowest BCUT2D eigenvalue weighted by atomic mass is 10.0. The lowest BCUT2D eigenvalue weighted by Gasteiger charge is -2.04. The number of hydrogen-bond donors (Lipinski definition) is 1. The molecular formula is C16H15NO. The van der Waals surface area contributed by atoms with Crippen LogP contribution >= 0.6 is 0 Å². The van der Waals surface area contributed by atoms with Crippen molar-refractivity contribution in [3.63, 3.8) is 0 Å². The summed E-state index contributed by atoms with van der Waals surface area (Å²) in [6.45, 7) is 0.0952. The van der Waals surface area contributed by atoms with Gasteiger partial charge in [0.15, 0.2) is 0 Å². The normalized spacial score (nSPS) is 11.0. The summed E-state index contributed by atoms with van der Waals surface area (Å²) in [6, 6.07) is 16.6. The molecule has 0 radical (unpaired) electrons. The molecule has 18 heavy (non-hydrogen) atoms. The SMILES string of the molecule is Cn1ccc2cc(-c3ccc(CO)cc3)ccc21. The number of nitrogens with zero attached hydrogens (tertiary/aromatic N) is 1. The molecule has 1 heterocycles. The molecule has 3 rings (SSSR count). The average molecular weight is 237 g/mol. The van der Waals surface area contributed by atoms with E-state index in [0.717, 1.165) is 5.56 Å². The summed E-state index contributed by atoms with van der Waals surface area (Å²) in [4.78, 5) is 0. The van der Waals surface area contributed by atoms with Crippen LogP contribution in [0, 0.1) is 0 Å². The van der Waals surface area contributed by atoms with E-state index in [1.807, 2.05) is 12.1 Å². The first-order valence-corrected chi connectivity index (χ1v) is 6.03. The van der Waals surface area contributed by atoms with E-state index in [9.17, 15) is 0 Å². The van der Waals surface area contributed by atoms with Crippen LogP contribution < -0.4 is 0 Å². The molecular weight excluding hydrogens is 222 g/mol. The molecule has 2 aromatic carbocycles. The van der Waals surface area contributed by atoms with Crippen molar-refractivity contribution in [3.05, 3.63) is 60.3 Å². The number of rotatable bonds is 2. The predicted molar refractivity (Wildman–Crippen MR) is 74.3 cm³/mol. The Kier molecular flexibility index (Phi) is 2.65.